The Balaban J connectivity index is 5.14. The first-order chi connectivity index (χ1) is 7.06. The maximum Gasteiger partial charge on any atom is 0.330 e. The molecule has 0 aromatic rings. The third kappa shape index (κ3) is 3.09. The summed E-state index contributed by atoms with van der Waals surface area (Å²) in [5.74, 6) is -0.474. The van der Waals surface area contributed by atoms with Gasteiger partial charge >= 0.3 is 5.97 Å². The predicted octanol–water partition coefficient (Wildman–Crippen LogP) is 2.83. The Bertz CT molecular complexity index is 288. The van der Waals surface area contributed by atoms with E-state index < -0.39 is 11.4 Å². The molecular weight excluding hydrogens is 190 g/mol. The number of carbonyl (C=O) groups excluding carboxylic acids is 1. The van der Waals surface area contributed by atoms with Crippen LogP contribution < -0.4 is 0 Å². The second-order valence-corrected chi connectivity index (χ2v) is 3.62. The van der Waals surface area contributed by atoms with Crippen LogP contribution in [0.2, 0.25) is 0 Å². The lowest BCUT2D eigenvalue weighted by Gasteiger charge is -2.22. The number of hydrogen-bond acceptors (Lipinski definition) is 3. The van der Waals surface area contributed by atoms with Crippen LogP contribution in [-0.2, 0) is 9.53 Å². The molecule has 3 heteroatoms. The molecule has 0 aliphatic heterocycles. The molecule has 0 saturated carbocycles. The molecule has 0 saturated heterocycles. The van der Waals surface area contributed by atoms with Crippen LogP contribution in [0.3, 0.4) is 0 Å². The normalized spacial score (nSPS) is 15.3. The van der Waals surface area contributed by atoms with Crippen molar-refractivity contribution in [1.29, 1.82) is 5.26 Å². The average Bonchev–Trinajstić information content (AvgIpc) is 2.26. The Kier molecular flexibility index (Phi) is 5.69. The summed E-state index contributed by atoms with van der Waals surface area (Å²) in [6.45, 7) is 5.64. The van der Waals surface area contributed by atoms with Crippen molar-refractivity contribution in [2.45, 2.75) is 40.0 Å². The maximum atomic E-state index is 11.6. The Morgan fingerprint density at radius 2 is 2.13 bits per heavy atom. The summed E-state index contributed by atoms with van der Waals surface area (Å²) in [4.78, 5) is 11.6. The summed E-state index contributed by atoms with van der Waals surface area (Å²) in [6.07, 6.45) is 4.44. The molecule has 0 fully saturated rings. The molecule has 15 heavy (non-hydrogen) atoms. The number of ether oxygens (including phenoxy) is 1. The van der Waals surface area contributed by atoms with E-state index in [-0.39, 0.29) is 0 Å². The van der Waals surface area contributed by atoms with E-state index in [1.54, 1.807) is 6.92 Å². The zero-order valence-electron chi connectivity index (χ0n) is 9.96. The maximum absolute atomic E-state index is 11.6. The van der Waals surface area contributed by atoms with Crippen LogP contribution in [0.5, 0.6) is 0 Å². The highest BCUT2D eigenvalue weighted by atomic mass is 16.5. The van der Waals surface area contributed by atoms with Gasteiger partial charge in [-0.1, -0.05) is 26.3 Å². The molecule has 0 radical (unpaired) electrons. The molecular formula is C12H19NO2. The second-order valence-electron chi connectivity index (χ2n) is 3.62. The number of nitrogens with zero attached hydrogens (tertiary/aromatic N) is 1. The minimum atomic E-state index is -1.12. The molecule has 0 aliphatic carbocycles. The van der Waals surface area contributed by atoms with Crippen molar-refractivity contribution in [2.75, 3.05) is 7.11 Å². The molecule has 3 nitrogen and oxygen atoms in total. The van der Waals surface area contributed by atoms with Gasteiger partial charge in [0.15, 0.2) is 5.41 Å². The van der Waals surface area contributed by atoms with Gasteiger partial charge in [0.1, 0.15) is 0 Å². The molecule has 0 bridgehead atoms. The van der Waals surface area contributed by atoms with E-state index in [2.05, 4.69) is 10.8 Å². The van der Waals surface area contributed by atoms with Crippen LogP contribution in [0.4, 0.5) is 0 Å². The van der Waals surface area contributed by atoms with Gasteiger partial charge in [0.25, 0.3) is 0 Å². The summed E-state index contributed by atoms with van der Waals surface area (Å²) in [5, 5.41) is 9.12. The first-order valence-corrected chi connectivity index (χ1v) is 5.25. The molecule has 84 valence electrons. The van der Waals surface area contributed by atoms with E-state index in [1.807, 2.05) is 19.9 Å². The lowest BCUT2D eigenvalue weighted by Crippen LogP contribution is -2.29. The van der Waals surface area contributed by atoms with Gasteiger partial charge in [0.05, 0.1) is 13.2 Å². The topological polar surface area (TPSA) is 50.1 Å². The monoisotopic (exact) mass is 209 g/mol. The zero-order chi connectivity index (χ0) is 11.9. The highest BCUT2D eigenvalue weighted by molar-refractivity contribution is 5.83. The summed E-state index contributed by atoms with van der Waals surface area (Å²) >= 11 is 0. The van der Waals surface area contributed by atoms with E-state index in [1.165, 1.54) is 7.11 Å². The first-order valence-electron chi connectivity index (χ1n) is 5.25. The fraction of sp³-hybridized carbons (Fsp3) is 0.667. The van der Waals surface area contributed by atoms with E-state index in [9.17, 15) is 4.79 Å². The Labute approximate surface area is 91.7 Å². The smallest absolute Gasteiger partial charge is 0.330 e. The lowest BCUT2D eigenvalue weighted by atomic mass is 9.80. The number of nitriles is 1. The Morgan fingerprint density at radius 1 is 1.53 bits per heavy atom. The minimum Gasteiger partial charge on any atom is -0.468 e. The number of rotatable bonds is 5. The van der Waals surface area contributed by atoms with Crippen molar-refractivity contribution in [1.82, 2.24) is 0 Å². The van der Waals surface area contributed by atoms with Crippen LogP contribution in [0.15, 0.2) is 11.6 Å². The molecule has 0 rings (SSSR count). The third-order valence-electron chi connectivity index (χ3n) is 2.43. The summed E-state index contributed by atoms with van der Waals surface area (Å²) in [7, 11) is 1.31. The highest BCUT2D eigenvalue weighted by Crippen LogP contribution is 2.31. The van der Waals surface area contributed by atoms with Gasteiger partial charge in [-0.3, -0.25) is 0 Å². The zero-order valence-corrected chi connectivity index (χ0v) is 9.96. The van der Waals surface area contributed by atoms with E-state index in [0.29, 0.717) is 0 Å². The fourth-order valence-corrected chi connectivity index (χ4v) is 1.52. The van der Waals surface area contributed by atoms with Gasteiger partial charge in [-0.05, 0) is 25.3 Å². The van der Waals surface area contributed by atoms with E-state index >= 15 is 0 Å². The largest absolute Gasteiger partial charge is 0.468 e. The standard InChI is InChI=1S/C12H19NO2/c1-5-7-10(8-6-2)12(3,9-13)11(14)15-4/h7H,5-6,8H2,1-4H3/b10-7-/t12-/m0/s1. The van der Waals surface area contributed by atoms with Gasteiger partial charge in [-0.2, -0.15) is 5.26 Å². The van der Waals surface area contributed by atoms with Gasteiger partial charge < -0.3 is 4.74 Å². The predicted molar refractivity (Wildman–Crippen MR) is 59.0 cm³/mol. The van der Waals surface area contributed by atoms with Crippen LogP contribution in [0.1, 0.15) is 40.0 Å². The number of methoxy groups -OCH3 is 1. The number of carbonyl (C=O) groups is 1. The van der Waals surface area contributed by atoms with Crippen LogP contribution in [-0.4, -0.2) is 13.1 Å². The van der Waals surface area contributed by atoms with Crippen molar-refractivity contribution >= 4 is 5.97 Å². The highest BCUT2D eigenvalue weighted by Gasteiger charge is 2.37. The minimum absolute atomic E-state index is 0.474. The van der Waals surface area contributed by atoms with Gasteiger partial charge in [0.2, 0.25) is 0 Å². The number of esters is 1. The Hall–Kier alpha value is -1.30. The van der Waals surface area contributed by atoms with Gasteiger partial charge in [-0.15, -0.1) is 0 Å². The lowest BCUT2D eigenvalue weighted by molar-refractivity contribution is -0.146. The molecule has 0 aromatic carbocycles. The van der Waals surface area contributed by atoms with Gasteiger partial charge in [-0.25, -0.2) is 4.79 Å². The SMILES string of the molecule is CC/C=C(/CCC)[C@](C)(C#N)C(=O)OC. The first kappa shape index (κ1) is 13.7. The van der Waals surface area contributed by atoms with Crippen molar-refractivity contribution in [2.24, 2.45) is 5.41 Å². The number of allylic oxidation sites excluding steroid dienone is 1. The van der Waals surface area contributed by atoms with Gasteiger partial charge in [0, 0.05) is 0 Å². The molecule has 1 atom stereocenters. The molecule has 0 aliphatic rings. The Morgan fingerprint density at radius 3 is 2.47 bits per heavy atom. The quantitative estimate of drug-likeness (QED) is 0.516. The van der Waals surface area contributed by atoms with Crippen LogP contribution >= 0.6 is 0 Å². The van der Waals surface area contributed by atoms with Crippen molar-refractivity contribution < 1.29 is 9.53 Å². The van der Waals surface area contributed by atoms with E-state index in [0.717, 1.165) is 24.8 Å². The van der Waals surface area contributed by atoms with Crippen molar-refractivity contribution in [3.63, 3.8) is 0 Å². The van der Waals surface area contributed by atoms with Crippen LogP contribution in [0.25, 0.3) is 0 Å². The fourth-order valence-electron chi connectivity index (χ4n) is 1.52. The van der Waals surface area contributed by atoms with Crippen molar-refractivity contribution in [3.8, 4) is 6.07 Å². The van der Waals surface area contributed by atoms with Crippen LogP contribution in [0, 0.1) is 16.7 Å². The summed E-state index contributed by atoms with van der Waals surface area (Å²) < 4.78 is 4.68. The number of hydrogen-bond donors (Lipinski definition) is 0. The summed E-state index contributed by atoms with van der Waals surface area (Å²) in [5.41, 5.74) is -0.261. The molecule has 0 aromatic heterocycles. The molecule has 0 amide bonds. The van der Waals surface area contributed by atoms with Crippen molar-refractivity contribution in [3.05, 3.63) is 11.6 Å². The van der Waals surface area contributed by atoms with E-state index in [4.69, 9.17) is 5.26 Å². The molecule has 0 N–H and O–H groups in total. The summed E-state index contributed by atoms with van der Waals surface area (Å²) in [6, 6.07) is 2.06. The molecule has 0 spiro atoms. The second kappa shape index (κ2) is 6.23. The third-order valence-corrected chi connectivity index (χ3v) is 2.43. The molecule has 0 heterocycles. The molecule has 0 unspecified atom stereocenters. The average molecular weight is 209 g/mol.